The van der Waals surface area contributed by atoms with Gasteiger partial charge >= 0.3 is 0 Å². The summed E-state index contributed by atoms with van der Waals surface area (Å²) in [4.78, 5) is 0. The fraction of sp³-hybridized carbons (Fsp3) is 0.647. The third-order valence-electron chi connectivity index (χ3n) is 3.79. The molecule has 0 amide bonds. The SMILES string of the molecule is CCc1ccc(CC)c(CCC(C)(C)CNC)c1. The Morgan fingerprint density at radius 2 is 1.78 bits per heavy atom. The summed E-state index contributed by atoms with van der Waals surface area (Å²) in [7, 11) is 2.04. The van der Waals surface area contributed by atoms with Crippen molar-refractivity contribution in [3.8, 4) is 0 Å². The maximum absolute atomic E-state index is 3.30. The first kappa shape index (κ1) is 15.2. The monoisotopic (exact) mass is 247 g/mol. The van der Waals surface area contributed by atoms with Gasteiger partial charge in [-0.2, -0.15) is 0 Å². The van der Waals surface area contributed by atoms with Crippen molar-refractivity contribution in [1.29, 1.82) is 0 Å². The van der Waals surface area contributed by atoms with Gasteiger partial charge in [0.2, 0.25) is 0 Å². The van der Waals surface area contributed by atoms with Gasteiger partial charge in [-0.25, -0.2) is 0 Å². The number of aryl methyl sites for hydroxylation is 3. The van der Waals surface area contributed by atoms with Crippen molar-refractivity contribution in [2.24, 2.45) is 5.41 Å². The zero-order valence-corrected chi connectivity index (χ0v) is 12.8. The molecule has 1 aromatic rings. The average molecular weight is 247 g/mol. The molecular weight excluding hydrogens is 218 g/mol. The van der Waals surface area contributed by atoms with E-state index in [0.717, 1.165) is 19.4 Å². The zero-order valence-electron chi connectivity index (χ0n) is 12.8. The smallest absolute Gasteiger partial charge is 0.0000373 e. The molecule has 0 aliphatic rings. The molecule has 0 saturated carbocycles. The summed E-state index contributed by atoms with van der Waals surface area (Å²) >= 11 is 0. The van der Waals surface area contributed by atoms with Gasteiger partial charge < -0.3 is 5.32 Å². The van der Waals surface area contributed by atoms with E-state index in [9.17, 15) is 0 Å². The Bertz CT molecular complexity index is 366. The summed E-state index contributed by atoms with van der Waals surface area (Å²) in [6.07, 6.45) is 4.72. The van der Waals surface area contributed by atoms with E-state index < -0.39 is 0 Å². The van der Waals surface area contributed by atoms with Gasteiger partial charge in [-0.3, -0.25) is 0 Å². The van der Waals surface area contributed by atoms with E-state index in [2.05, 4.69) is 51.2 Å². The van der Waals surface area contributed by atoms with Crippen LogP contribution in [0.3, 0.4) is 0 Å². The Labute approximate surface area is 113 Å². The zero-order chi connectivity index (χ0) is 13.6. The maximum Gasteiger partial charge on any atom is -0.0000373 e. The average Bonchev–Trinajstić information content (AvgIpc) is 2.36. The molecule has 1 nitrogen and oxygen atoms in total. The van der Waals surface area contributed by atoms with Crippen LogP contribution in [0.4, 0.5) is 0 Å². The molecule has 0 radical (unpaired) electrons. The van der Waals surface area contributed by atoms with Crippen LogP contribution in [0.2, 0.25) is 0 Å². The van der Waals surface area contributed by atoms with Gasteiger partial charge in [0.05, 0.1) is 0 Å². The second-order valence-corrected chi connectivity index (χ2v) is 6.00. The summed E-state index contributed by atoms with van der Waals surface area (Å²) in [5.74, 6) is 0. The van der Waals surface area contributed by atoms with E-state index in [0.29, 0.717) is 5.41 Å². The van der Waals surface area contributed by atoms with Gasteiger partial charge in [0.25, 0.3) is 0 Å². The van der Waals surface area contributed by atoms with Crippen LogP contribution >= 0.6 is 0 Å². The van der Waals surface area contributed by atoms with Crippen molar-refractivity contribution in [2.45, 2.75) is 53.4 Å². The van der Waals surface area contributed by atoms with E-state index in [1.807, 2.05) is 7.05 Å². The molecule has 1 heteroatoms. The molecule has 0 spiro atoms. The lowest BCUT2D eigenvalue weighted by molar-refractivity contribution is 0.324. The lowest BCUT2D eigenvalue weighted by Crippen LogP contribution is -2.27. The number of hydrogen-bond acceptors (Lipinski definition) is 1. The van der Waals surface area contributed by atoms with Crippen molar-refractivity contribution in [2.75, 3.05) is 13.6 Å². The van der Waals surface area contributed by atoms with Gasteiger partial charge in [0.15, 0.2) is 0 Å². The largest absolute Gasteiger partial charge is 0.319 e. The minimum Gasteiger partial charge on any atom is -0.319 e. The Hall–Kier alpha value is -0.820. The van der Waals surface area contributed by atoms with Crippen molar-refractivity contribution in [3.05, 3.63) is 34.9 Å². The molecule has 0 unspecified atom stereocenters. The standard InChI is InChI=1S/C17H29N/c1-6-14-8-9-15(7-2)16(12-14)10-11-17(3,4)13-18-5/h8-9,12,18H,6-7,10-11,13H2,1-5H3. The van der Waals surface area contributed by atoms with Crippen LogP contribution in [0.1, 0.15) is 50.8 Å². The predicted octanol–water partition coefficient (Wildman–Crippen LogP) is 3.99. The highest BCUT2D eigenvalue weighted by atomic mass is 14.8. The summed E-state index contributed by atoms with van der Waals surface area (Å²) in [5, 5.41) is 3.30. The number of rotatable bonds is 7. The fourth-order valence-corrected chi connectivity index (χ4v) is 2.52. The van der Waals surface area contributed by atoms with Crippen LogP contribution in [0.25, 0.3) is 0 Å². The normalized spacial score (nSPS) is 11.8. The summed E-state index contributed by atoms with van der Waals surface area (Å²) < 4.78 is 0. The summed E-state index contributed by atoms with van der Waals surface area (Å²) in [5.41, 5.74) is 4.92. The second-order valence-electron chi connectivity index (χ2n) is 6.00. The molecular formula is C17H29N. The molecule has 0 aliphatic heterocycles. The quantitative estimate of drug-likeness (QED) is 0.768. The minimum atomic E-state index is 0.377. The Kier molecular flexibility index (Phi) is 5.87. The van der Waals surface area contributed by atoms with Crippen LogP contribution < -0.4 is 5.32 Å². The third kappa shape index (κ3) is 4.45. The molecule has 1 N–H and O–H groups in total. The van der Waals surface area contributed by atoms with Crippen molar-refractivity contribution in [1.82, 2.24) is 5.32 Å². The molecule has 0 aliphatic carbocycles. The van der Waals surface area contributed by atoms with E-state index in [1.165, 1.54) is 24.0 Å². The van der Waals surface area contributed by atoms with Crippen molar-refractivity contribution in [3.63, 3.8) is 0 Å². The molecule has 1 aromatic carbocycles. The second kappa shape index (κ2) is 6.94. The Morgan fingerprint density at radius 3 is 2.33 bits per heavy atom. The van der Waals surface area contributed by atoms with Crippen LogP contribution in [0.5, 0.6) is 0 Å². The van der Waals surface area contributed by atoms with Gasteiger partial charge in [-0.1, -0.05) is 45.9 Å². The molecule has 0 atom stereocenters. The van der Waals surface area contributed by atoms with Crippen LogP contribution in [-0.2, 0) is 19.3 Å². The van der Waals surface area contributed by atoms with E-state index in [-0.39, 0.29) is 0 Å². The molecule has 0 heterocycles. The topological polar surface area (TPSA) is 12.0 Å². The highest BCUT2D eigenvalue weighted by molar-refractivity contribution is 5.32. The fourth-order valence-electron chi connectivity index (χ4n) is 2.52. The molecule has 18 heavy (non-hydrogen) atoms. The summed E-state index contributed by atoms with van der Waals surface area (Å²) in [6.45, 7) is 10.3. The first-order chi connectivity index (χ1) is 8.52. The predicted molar refractivity (Wildman–Crippen MR) is 81.2 cm³/mol. The van der Waals surface area contributed by atoms with Gasteiger partial charge in [-0.15, -0.1) is 0 Å². The third-order valence-corrected chi connectivity index (χ3v) is 3.79. The first-order valence-electron chi connectivity index (χ1n) is 7.27. The number of benzene rings is 1. The highest BCUT2D eigenvalue weighted by Crippen LogP contribution is 2.24. The van der Waals surface area contributed by atoms with E-state index in [1.54, 1.807) is 5.56 Å². The van der Waals surface area contributed by atoms with E-state index >= 15 is 0 Å². The highest BCUT2D eigenvalue weighted by Gasteiger charge is 2.17. The van der Waals surface area contributed by atoms with Crippen LogP contribution in [0, 0.1) is 5.41 Å². The van der Waals surface area contributed by atoms with Crippen LogP contribution in [-0.4, -0.2) is 13.6 Å². The molecule has 0 bridgehead atoms. The summed E-state index contributed by atoms with van der Waals surface area (Å²) in [6, 6.07) is 7.01. The number of nitrogens with one attached hydrogen (secondary N) is 1. The van der Waals surface area contributed by atoms with Crippen molar-refractivity contribution < 1.29 is 0 Å². The van der Waals surface area contributed by atoms with Gasteiger partial charge in [-0.05, 0) is 61.4 Å². The molecule has 0 fully saturated rings. The molecule has 0 aromatic heterocycles. The van der Waals surface area contributed by atoms with Gasteiger partial charge in [0, 0.05) is 0 Å². The van der Waals surface area contributed by atoms with E-state index in [4.69, 9.17) is 0 Å². The van der Waals surface area contributed by atoms with Crippen molar-refractivity contribution >= 4 is 0 Å². The van der Waals surface area contributed by atoms with Gasteiger partial charge in [0.1, 0.15) is 0 Å². The lowest BCUT2D eigenvalue weighted by Gasteiger charge is -2.24. The molecule has 102 valence electrons. The lowest BCUT2D eigenvalue weighted by atomic mass is 9.84. The molecule has 0 saturated heterocycles. The first-order valence-corrected chi connectivity index (χ1v) is 7.27. The maximum atomic E-state index is 3.30. The Morgan fingerprint density at radius 1 is 1.06 bits per heavy atom. The number of hydrogen-bond donors (Lipinski definition) is 1. The van der Waals surface area contributed by atoms with Crippen LogP contribution in [0.15, 0.2) is 18.2 Å². The Balaban J connectivity index is 2.76. The minimum absolute atomic E-state index is 0.377. The molecule has 1 rings (SSSR count).